The molecule has 3 heterocycles. The van der Waals surface area contributed by atoms with Gasteiger partial charge >= 0.3 is 0 Å². The number of imidazole rings is 1. The van der Waals surface area contributed by atoms with Gasteiger partial charge in [-0.25, -0.2) is 13.9 Å². The van der Waals surface area contributed by atoms with Gasteiger partial charge < -0.3 is 4.98 Å². The number of fused-ring (bicyclic) bond motifs is 2. The van der Waals surface area contributed by atoms with Gasteiger partial charge in [0.15, 0.2) is 0 Å². The zero-order valence-corrected chi connectivity index (χ0v) is 9.71. The molecule has 0 radical (unpaired) electrons. The number of nitrogens with one attached hydrogen (secondary N) is 1. The molecule has 5 nitrogen and oxygen atoms in total. The Bertz CT molecular complexity index is 892. The quantitative estimate of drug-likeness (QED) is 0.566. The van der Waals surface area contributed by atoms with Gasteiger partial charge in [-0.15, -0.1) is 0 Å². The molecule has 3 aromatic heterocycles. The van der Waals surface area contributed by atoms with Crippen molar-refractivity contribution in [2.75, 3.05) is 0 Å². The van der Waals surface area contributed by atoms with Crippen molar-refractivity contribution in [2.24, 2.45) is 0 Å². The van der Waals surface area contributed by atoms with E-state index in [1.807, 2.05) is 0 Å². The topological polar surface area (TPSA) is 58.9 Å². The number of halogens is 1. The summed E-state index contributed by atoms with van der Waals surface area (Å²) in [6, 6.07) is 4.47. The summed E-state index contributed by atoms with van der Waals surface area (Å²) in [5.74, 6) is 0.368. The average Bonchev–Trinajstić information content (AvgIpc) is 3.00. The van der Waals surface area contributed by atoms with Crippen molar-refractivity contribution in [1.29, 1.82) is 0 Å². The monoisotopic (exact) mass is 253 g/mol. The molecule has 92 valence electrons. The largest absolute Gasteiger partial charge is 0.338 e. The summed E-state index contributed by atoms with van der Waals surface area (Å²) in [4.78, 5) is 11.6. The molecule has 0 atom stereocenters. The summed E-state index contributed by atoms with van der Waals surface area (Å²) in [6.45, 7) is 0. The molecule has 1 N–H and O–H groups in total. The van der Waals surface area contributed by atoms with Gasteiger partial charge in [0.1, 0.15) is 11.6 Å². The van der Waals surface area contributed by atoms with Gasteiger partial charge in [0, 0.05) is 12.4 Å². The summed E-state index contributed by atoms with van der Waals surface area (Å²) in [7, 11) is 0. The van der Waals surface area contributed by atoms with Crippen molar-refractivity contribution >= 4 is 16.6 Å². The second-order valence-electron chi connectivity index (χ2n) is 4.21. The summed E-state index contributed by atoms with van der Waals surface area (Å²) in [5.41, 5.74) is 3.07. The fraction of sp³-hybridized carbons (Fsp3) is 0. The molecule has 0 aliphatic carbocycles. The lowest BCUT2D eigenvalue weighted by Gasteiger charge is -1.93. The van der Waals surface area contributed by atoms with Crippen molar-refractivity contribution in [3.63, 3.8) is 0 Å². The Balaban J connectivity index is 1.99. The molecule has 0 fully saturated rings. The van der Waals surface area contributed by atoms with E-state index in [0.717, 1.165) is 16.6 Å². The predicted octanol–water partition coefficient (Wildman–Crippen LogP) is 2.41. The number of nitrogens with zero attached hydrogens (tertiary/aromatic N) is 4. The highest BCUT2D eigenvalue weighted by atomic mass is 19.1. The highest BCUT2D eigenvalue weighted by molar-refractivity contribution is 5.83. The first-order valence-corrected chi connectivity index (χ1v) is 5.74. The molecule has 0 unspecified atom stereocenters. The van der Waals surface area contributed by atoms with Gasteiger partial charge in [-0.3, -0.25) is 4.98 Å². The Hall–Kier alpha value is -2.76. The van der Waals surface area contributed by atoms with E-state index in [0.29, 0.717) is 11.3 Å². The van der Waals surface area contributed by atoms with E-state index in [2.05, 4.69) is 20.1 Å². The molecule has 0 saturated heterocycles. The summed E-state index contributed by atoms with van der Waals surface area (Å²) in [5, 5.41) is 4.23. The second kappa shape index (κ2) is 3.61. The van der Waals surface area contributed by atoms with Crippen LogP contribution in [-0.4, -0.2) is 24.6 Å². The Labute approximate surface area is 106 Å². The average molecular weight is 253 g/mol. The van der Waals surface area contributed by atoms with Crippen LogP contribution in [0.25, 0.3) is 27.9 Å². The molecule has 6 heteroatoms. The van der Waals surface area contributed by atoms with Crippen molar-refractivity contribution in [2.45, 2.75) is 0 Å². The lowest BCUT2D eigenvalue weighted by molar-refractivity contribution is 0.629. The maximum atomic E-state index is 13.2. The fourth-order valence-corrected chi connectivity index (χ4v) is 2.13. The maximum Gasteiger partial charge on any atom is 0.142 e. The zero-order chi connectivity index (χ0) is 12.8. The van der Waals surface area contributed by atoms with Crippen LogP contribution in [0.4, 0.5) is 4.39 Å². The van der Waals surface area contributed by atoms with Crippen LogP contribution in [0.1, 0.15) is 0 Å². The first-order chi connectivity index (χ1) is 9.31. The maximum absolute atomic E-state index is 13.2. The van der Waals surface area contributed by atoms with E-state index >= 15 is 0 Å². The first kappa shape index (κ1) is 10.2. The van der Waals surface area contributed by atoms with Crippen LogP contribution >= 0.6 is 0 Å². The Morgan fingerprint density at radius 3 is 3.11 bits per heavy atom. The van der Waals surface area contributed by atoms with E-state index in [1.165, 1.54) is 12.1 Å². The zero-order valence-electron chi connectivity index (χ0n) is 9.71. The van der Waals surface area contributed by atoms with Crippen LogP contribution in [0.15, 0.2) is 43.0 Å². The van der Waals surface area contributed by atoms with Crippen LogP contribution in [0.5, 0.6) is 0 Å². The Morgan fingerprint density at radius 2 is 2.16 bits per heavy atom. The number of benzene rings is 1. The Kier molecular flexibility index (Phi) is 1.94. The number of H-pyrrole nitrogens is 1. The van der Waals surface area contributed by atoms with E-state index in [1.54, 1.807) is 35.4 Å². The minimum absolute atomic E-state index is 0.288. The van der Waals surface area contributed by atoms with Crippen molar-refractivity contribution < 1.29 is 4.39 Å². The molecule has 0 bridgehead atoms. The molecule has 4 aromatic rings. The molecular formula is C13H8FN5. The third kappa shape index (κ3) is 1.50. The van der Waals surface area contributed by atoms with Crippen LogP contribution in [-0.2, 0) is 0 Å². The number of hydrogen-bond acceptors (Lipinski definition) is 3. The normalized spacial score (nSPS) is 11.4. The molecule has 0 aliphatic heterocycles. The third-order valence-electron chi connectivity index (χ3n) is 3.02. The molecule has 0 saturated carbocycles. The first-order valence-electron chi connectivity index (χ1n) is 5.74. The van der Waals surface area contributed by atoms with Gasteiger partial charge in [-0.05, 0) is 18.2 Å². The molecule has 19 heavy (non-hydrogen) atoms. The van der Waals surface area contributed by atoms with E-state index in [-0.39, 0.29) is 5.82 Å². The molecule has 0 aliphatic rings. The molecule has 1 aromatic carbocycles. The highest BCUT2D eigenvalue weighted by Gasteiger charge is 2.11. The van der Waals surface area contributed by atoms with E-state index < -0.39 is 0 Å². The summed E-state index contributed by atoms with van der Waals surface area (Å²) < 4.78 is 14.9. The van der Waals surface area contributed by atoms with Crippen LogP contribution in [0, 0.1) is 5.82 Å². The lowest BCUT2D eigenvalue weighted by Crippen LogP contribution is -1.86. The van der Waals surface area contributed by atoms with Crippen molar-refractivity contribution in [1.82, 2.24) is 24.6 Å². The fourth-order valence-electron chi connectivity index (χ4n) is 2.13. The van der Waals surface area contributed by atoms with Gasteiger partial charge in [0.2, 0.25) is 0 Å². The number of aromatic amines is 1. The van der Waals surface area contributed by atoms with E-state index in [9.17, 15) is 4.39 Å². The standard InChI is InChI=1S/C13H8FN5/c14-8-1-2-10-11(5-8)18-13(17-10)9-6-16-19-4-3-15-7-12(9)19/h1-7H,(H,17,18). The third-order valence-corrected chi connectivity index (χ3v) is 3.02. The Morgan fingerprint density at radius 1 is 1.21 bits per heavy atom. The number of hydrogen-bond donors (Lipinski definition) is 1. The molecule has 0 amide bonds. The minimum atomic E-state index is -0.288. The van der Waals surface area contributed by atoms with Gasteiger partial charge in [0.05, 0.1) is 34.5 Å². The number of rotatable bonds is 1. The smallest absolute Gasteiger partial charge is 0.142 e. The van der Waals surface area contributed by atoms with Crippen LogP contribution in [0.3, 0.4) is 0 Å². The van der Waals surface area contributed by atoms with Gasteiger partial charge in [-0.1, -0.05) is 0 Å². The highest BCUT2D eigenvalue weighted by Crippen LogP contribution is 2.24. The van der Waals surface area contributed by atoms with Gasteiger partial charge in [0.25, 0.3) is 0 Å². The molecule has 4 rings (SSSR count). The van der Waals surface area contributed by atoms with Crippen LogP contribution in [0.2, 0.25) is 0 Å². The van der Waals surface area contributed by atoms with E-state index in [4.69, 9.17) is 0 Å². The lowest BCUT2D eigenvalue weighted by atomic mass is 10.3. The minimum Gasteiger partial charge on any atom is -0.338 e. The van der Waals surface area contributed by atoms with Crippen molar-refractivity contribution in [3.05, 3.63) is 48.8 Å². The van der Waals surface area contributed by atoms with Crippen LogP contribution < -0.4 is 0 Å². The molecular weight excluding hydrogens is 245 g/mol. The SMILES string of the molecule is Fc1ccc2nc(-c3cnn4ccncc34)[nH]c2c1. The van der Waals surface area contributed by atoms with Gasteiger partial charge in [-0.2, -0.15) is 5.10 Å². The molecule has 0 spiro atoms. The predicted molar refractivity (Wildman–Crippen MR) is 68.0 cm³/mol. The second-order valence-corrected chi connectivity index (χ2v) is 4.21. The number of aromatic nitrogens is 5. The summed E-state index contributed by atoms with van der Waals surface area (Å²) in [6.07, 6.45) is 6.86. The summed E-state index contributed by atoms with van der Waals surface area (Å²) >= 11 is 0. The van der Waals surface area contributed by atoms with Crippen molar-refractivity contribution in [3.8, 4) is 11.4 Å².